The van der Waals surface area contributed by atoms with Gasteiger partial charge in [0.1, 0.15) is 0 Å². The van der Waals surface area contributed by atoms with Crippen molar-refractivity contribution in [3.63, 3.8) is 0 Å². The highest BCUT2D eigenvalue weighted by Crippen LogP contribution is 2.08. The molecular formula is C11H18N2OS. The number of thiophene rings is 1. The number of hydrogen-bond donors (Lipinski definition) is 1. The molecule has 0 bridgehead atoms. The molecule has 0 spiro atoms. The lowest BCUT2D eigenvalue weighted by atomic mass is 10.3. The number of ether oxygens (including phenoxy) is 1. The molecule has 1 aliphatic heterocycles. The first-order valence-electron chi connectivity index (χ1n) is 5.38. The van der Waals surface area contributed by atoms with Gasteiger partial charge < -0.3 is 15.0 Å². The van der Waals surface area contributed by atoms with Gasteiger partial charge in [0, 0.05) is 31.1 Å². The van der Waals surface area contributed by atoms with Crippen molar-refractivity contribution in [2.24, 2.45) is 0 Å². The van der Waals surface area contributed by atoms with Crippen LogP contribution < -0.4 is 5.32 Å². The maximum atomic E-state index is 5.67. The van der Waals surface area contributed by atoms with Crippen molar-refractivity contribution in [2.75, 3.05) is 33.3 Å². The number of rotatable bonds is 4. The van der Waals surface area contributed by atoms with Crippen molar-refractivity contribution >= 4 is 11.3 Å². The fourth-order valence-electron chi connectivity index (χ4n) is 1.76. The van der Waals surface area contributed by atoms with Crippen molar-refractivity contribution in [3.05, 3.63) is 22.4 Å². The van der Waals surface area contributed by atoms with Crippen LogP contribution in [-0.4, -0.2) is 44.3 Å². The Bertz CT molecular complexity index is 276. The van der Waals surface area contributed by atoms with E-state index in [0.717, 1.165) is 32.8 Å². The Morgan fingerprint density at radius 3 is 3.33 bits per heavy atom. The van der Waals surface area contributed by atoms with Gasteiger partial charge in [-0.25, -0.2) is 0 Å². The van der Waals surface area contributed by atoms with Gasteiger partial charge in [-0.2, -0.15) is 0 Å². The van der Waals surface area contributed by atoms with E-state index in [4.69, 9.17) is 4.74 Å². The zero-order chi connectivity index (χ0) is 10.5. The van der Waals surface area contributed by atoms with Crippen molar-refractivity contribution in [1.82, 2.24) is 10.2 Å². The average Bonchev–Trinajstić information content (AvgIpc) is 2.71. The van der Waals surface area contributed by atoms with E-state index in [1.807, 2.05) is 0 Å². The average molecular weight is 226 g/mol. The lowest BCUT2D eigenvalue weighted by Crippen LogP contribution is -2.44. The van der Waals surface area contributed by atoms with Crippen LogP contribution in [0, 0.1) is 0 Å². The zero-order valence-corrected chi connectivity index (χ0v) is 9.93. The smallest absolute Gasteiger partial charge is 0.0826 e. The second kappa shape index (κ2) is 5.61. The molecule has 1 aromatic rings. The molecule has 0 aromatic carbocycles. The fraction of sp³-hybridized carbons (Fsp3) is 0.636. The maximum Gasteiger partial charge on any atom is 0.0826 e. The largest absolute Gasteiger partial charge is 0.374 e. The molecule has 0 aliphatic carbocycles. The lowest BCUT2D eigenvalue weighted by molar-refractivity contribution is -0.0181. The van der Waals surface area contributed by atoms with E-state index < -0.39 is 0 Å². The van der Waals surface area contributed by atoms with Gasteiger partial charge in [-0.15, -0.1) is 11.3 Å². The van der Waals surface area contributed by atoms with Gasteiger partial charge in [0.25, 0.3) is 0 Å². The molecule has 0 radical (unpaired) electrons. The van der Waals surface area contributed by atoms with E-state index in [-0.39, 0.29) is 0 Å². The van der Waals surface area contributed by atoms with Crippen molar-refractivity contribution in [2.45, 2.75) is 12.6 Å². The summed E-state index contributed by atoms with van der Waals surface area (Å²) in [5.74, 6) is 0. The van der Waals surface area contributed by atoms with Gasteiger partial charge in [0.2, 0.25) is 0 Å². The van der Waals surface area contributed by atoms with Crippen molar-refractivity contribution < 1.29 is 4.74 Å². The van der Waals surface area contributed by atoms with E-state index in [1.54, 1.807) is 11.3 Å². The SMILES string of the molecule is CN1CCOC(CNCc2cccs2)C1. The van der Waals surface area contributed by atoms with E-state index in [2.05, 4.69) is 34.8 Å². The highest BCUT2D eigenvalue weighted by atomic mass is 32.1. The van der Waals surface area contributed by atoms with Gasteiger partial charge in [-0.3, -0.25) is 0 Å². The predicted octanol–water partition coefficient (Wildman–Crippen LogP) is 1.17. The van der Waals surface area contributed by atoms with Crippen LogP contribution >= 0.6 is 11.3 Å². The topological polar surface area (TPSA) is 24.5 Å². The summed E-state index contributed by atoms with van der Waals surface area (Å²) in [7, 11) is 2.15. The first-order chi connectivity index (χ1) is 7.34. The Balaban J connectivity index is 1.65. The normalized spacial score (nSPS) is 23.1. The van der Waals surface area contributed by atoms with Crippen LogP contribution in [0.5, 0.6) is 0 Å². The quantitative estimate of drug-likeness (QED) is 0.834. The Morgan fingerprint density at radius 1 is 1.67 bits per heavy atom. The molecule has 2 rings (SSSR count). The molecule has 1 unspecified atom stereocenters. The van der Waals surface area contributed by atoms with Crippen LogP contribution in [0.25, 0.3) is 0 Å². The molecule has 1 fully saturated rings. The van der Waals surface area contributed by atoms with Gasteiger partial charge >= 0.3 is 0 Å². The summed E-state index contributed by atoms with van der Waals surface area (Å²) in [5, 5.41) is 5.55. The molecule has 15 heavy (non-hydrogen) atoms. The van der Waals surface area contributed by atoms with Crippen molar-refractivity contribution in [3.8, 4) is 0 Å². The summed E-state index contributed by atoms with van der Waals surface area (Å²) in [6, 6.07) is 4.25. The molecule has 1 saturated heterocycles. The van der Waals surface area contributed by atoms with E-state index >= 15 is 0 Å². The number of nitrogens with zero attached hydrogens (tertiary/aromatic N) is 1. The first-order valence-corrected chi connectivity index (χ1v) is 6.26. The first kappa shape index (κ1) is 11.1. The lowest BCUT2D eigenvalue weighted by Gasteiger charge is -2.30. The molecule has 0 saturated carbocycles. The van der Waals surface area contributed by atoms with Crippen LogP contribution in [0.15, 0.2) is 17.5 Å². The molecule has 1 atom stereocenters. The Hall–Kier alpha value is -0.420. The predicted molar refractivity (Wildman–Crippen MR) is 63.3 cm³/mol. The molecule has 1 N–H and O–H groups in total. The van der Waals surface area contributed by atoms with E-state index in [1.165, 1.54) is 4.88 Å². The van der Waals surface area contributed by atoms with Crippen LogP contribution in [0.4, 0.5) is 0 Å². The summed E-state index contributed by atoms with van der Waals surface area (Å²) in [6.45, 7) is 4.87. The van der Waals surface area contributed by atoms with Crippen LogP contribution in [-0.2, 0) is 11.3 Å². The monoisotopic (exact) mass is 226 g/mol. The Morgan fingerprint density at radius 2 is 2.60 bits per heavy atom. The Labute approximate surface area is 95.0 Å². The highest BCUT2D eigenvalue weighted by Gasteiger charge is 2.16. The number of morpholine rings is 1. The number of likely N-dealkylation sites (N-methyl/N-ethyl adjacent to an activating group) is 1. The number of nitrogens with one attached hydrogen (secondary N) is 1. The van der Waals surface area contributed by atoms with Gasteiger partial charge in [0.05, 0.1) is 12.7 Å². The Kier molecular flexibility index (Phi) is 4.14. The summed E-state index contributed by atoms with van der Waals surface area (Å²) in [4.78, 5) is 3.71. The molecule has 2 heterocycles. The summed E-state index contributed by atoms with van der Waals surface area (Å²) in [6.07, 6.45) is 0.351. The maximum absolute atomic E-state index is 5.67. The third-order valence-electron chi connectivity index (χ3n) is 2.59. The third kappa shape index (κ3) is 3.57. The standard InChI is InChI=1S/C11H18N2OS/c1-13-4-5-14-10(9-13)7-12-8-11-3-2-6-15-11/h2-3,6,10,12H,4-5,7-9H2,1H3. The highest BCUT2D eigenvalue weighted by molar-refractivity contribution is 7.09. The van der Waals surface area contributed by atoms with E-state index in [9.17, 15) is 0 Å². The third-order valence-corrected chi connectivity index (χ3v) is 3.47. The second-order valence-electron chi connectivity index (χ2n) is 3.97. The van der Waals surface area contributed by atoms with Crippen molar-refractivity contribution in [1.29, 1.82) is 0 Å². The molecule has 1 aromatic heterocycles. The molecule has 84 valence electrons. The minimum absolute atomic E-state index is 0.351. The van der Waals surface area contributed by atoms with Gasteiger partial charge in [-0.05, 0) is 18.5 Å². The molecule has 1 aliphatic rings. The summed E-state index contributed by atoms with van der Waals surface area (Å²) in [5.41, 5.74) is 0. The van der Waals surface area contributed by atoms with Crippen LogP contribution in [0.1, 0.15) is 4.88 Å². The molecular weight excluding hydrogens is 208 g/mol. The van der Waals surface area contributed by atoms with Gasteiger partial charge in [0.15, 0.2) is 0 Å². The van der Waals surface area contributed by atoms with E-state index in [0.29, 0.717) is 6.10 Å². The minimum Gasteiger partial charge on any atom is -0.374 e. The summed E-state index contributed by atoms with van der Waals surface area (Å²) < 4.78 is 5.67. The number of hydrogen-bond acceptors (Lipinski definition) is 4. The minimum atomic E-state index is 0.351. The molecule has 3 nitrogen and oxygen atoms in total. The molecule has 4 heteroatoms. The zero-order valence-electron chi connectivity index (χ0n) is 9.11. The van der Waals surface area contributed by atoms with Crippen LogP contribution in [0.2, 0.25) is 0 Å². The fourth-order valence-corrected chi connectivity index (χ4v) is 2.43. The molecule has 0 amide bonds. The second-order valence-corrected chi connectivity index (χ2v) is 5.00. The van der Waals surface area contributed by atoms with Crippen LogP contribution in [0.3, 0.4) is 0 Å². The van der Waals surface area contributed by atoms with Gasteiger partial charge in [-0.1, -0.05) is 6.07 Å². The summed E-state index contributed by atoms with van der Waals surface area (Å²) >= 11 is 1.80.